The molecule has 0 radical (unpaired) electrons. The van der Waals surface area contributed by atoms with Gasteiger partial charge in [-0.1, -0.05) is 6.92 Å². The molecule has 3 nitrogen and oxygen atoms in total. The van der Waals surface area contributed by atoms with Gasteiger partial charge in [-0.15, -0.1) is 5.10 Å². The van der Waals surface area contributed by atoms with Crippen molar-refractivity contribution in [3.63, 3.8) is 0 Å². The van der Waals surface area contributed by atoms with Crippen molar-refractivity contribution in [1.29, 1.82) is 0 Å². The average molecular weight is 200 g/mol. The molecule has 0 spiro atoms. The summed E-state index contributed by atoms with van der Waals surface area (Å²) >= 11 is 1.88. The summed E-state index contributed by atoms with van der Waals surface area (Å²) in [6, 6.07) is 1.95. The number of hydrogen-bond donors (Lipinski definition) is 0. The van der Waals surface area contributed by atoms with Crippen LogP contribution >= 0.6 is 11.8 Å². The molecule has 0 amide bonds. The van der Waals surface area contributed by atoms with Gasteiger partial charge in [-0.2, -0.15) is 11.8 Å². The third-order valence-electron chi connectivity index (χ3n) is 1.77. The van der Waals surface area contributed by atoms with E-state index in [0.717, 1.165) is 29.7 Å². The number of rotatable bonds is 5. The predicted molar refractivity (Wildman–Crippen MR) is 56.4 cm³/mol. The summed E-state index contributed by atoms with van der Waals surface area (Å²) < 4.78 is 7.28. The average Bonchev–Trinajstić information content (AvgIpc) is 2.41. The number of hydrogen-bond acceptors (Lipinski definition) is 3. The van der Waals surface area contributed by atoms with Crippen LogP contribution in [0.5, 0.6) is 5.88 Å². The van der Waals surface area contributed by atoms with Crippen molar-refractivity contribution >= 4 is 11.8 Å². The minimum absolute atomic E-state index is 0.733. The zero-order valence-corrected chi connectivity index (χ0v) is 9.23. The summed E-state index contributed by atoms with van der Waals surface area (Å²) in [5.74, 6) is 2.91. The Labute approximate surface area is 83.5 Å². The third kappa shape index (κ3) is 3.30. The van der Waals surface area contributed by atoms with Crippen LogP contribution in [0, 0.1) is 6.92 Å². The van der Waals surface area contributed by atoms with Gasteiger partial charge < -0.3 is 4.74 Å². The second-order valence-corrected chi connectivity index (χ2v) is 4.19. The summed E-state index contributed by atoms with van der Waals surface area (Å²) in [6.07, 6.45) is 0. The monoisotopic (exact) mass is 200 g/mol. The highest BCUT2D eigenvalue weighted by atomic mass is 32.2. The summed E-state index contributed by atoms with van der Waals surface area (Å²) in [5, 5.41) is 4.19. The Hall–Kier alpha value is -0.640. The maximum absolute atomic E-state index is 5.46. The molecular weight excluding hydrogens is 184 g/mol. The third-order valence-corrected chi connectivity index (χ3v) is 2.64. The van der Waals surface area contributed by atoms with Crippen molar-refractivity contribution in [3.8, 4) is 5.88 Å². The zero-order valence-electron chi connectivity index (χ0n) is 8.41. The molecule has 1 aromatic rings. The first-order valence-corrected chi connectivity index (χ1v) is 5.60. The van der Waals surface area contributed by atoms with E-state index in [-0.39, 0.29) is 0 Å². The molecule has 4 heteroatoms. The Morgan fingerprint density at radius 1 is 1.62 bits per heavy atom. The highest BCUT2D eigenvalue weighted by Crippen LogP contribution is 2.09. The molecule has 74 valence electrons. The Bertz CT molecular complexity index is 241. The molecular formula is C9H16N2OS. The van der Waals surface area contributed by atoms with E-state index in [9.17, 15) is 0 Å². The summed E-state index contributed by atoms with van der Waals surface area (Å²) in [4.78, 5) is 0. The highest BCUT2D eigenvalue weighted by Gasteiger charge is 2.00. The lowest BCUT2D eigenvalue weighted by molar-refractivity contribution is 0.326. The predicted octanol–water partition coefficient (Wildman–Crippen LogP) is 1.86. The summed E-state index contributed by atoms with van der Waals surface area (Å²) in [5.41, 5.74) is 1.12. The topological polar surface area (TPSA) is 27.1 Å². The molecule has 0 aliphatic carbocycles. The number of aryl methyl sites for hydroxylation is 2. The minimum Gasteiger partial charge on any atom is -0.476 e. The van der Waals surface area contributed by atoms with Crippen LogP contribution in [0.4, 0.5) is 0 Å². The number of nitrogens with zero attached hydrogens (tertiary/aromatic N) is 2. The fourth-order valence-corrected chi connectivity index (χ4v) is 1.44. The first kappa shape index (κ1) is 10.4. The zero-order chi connectivity index (χ0) is 9.68. The van der Waals surface area contributed by atoms with Gasteiger partial charge in [0.25, 0.3) is 0 Å². The van der Waals surface area contributed by atoms with Crippen molar-refractivity contribution in [3.05, 3.63) is 11.8 Å². The van der Waals surface area contributed by atoms with Gasteiger partial charge in [0.05, 0.1) is 6.61 Å². The number of ether oxygens (including phenoxy) is 1. The van der Waals surface area contributed by atoms with Gasteiger partial charge in [0, 0.05) is 24.6 Å². The van der Waals surface area contributed by atoms with E-state index in [1.54, 1.807) is 0 Å². The molecule has 0 aliphatic rings. The Morgan fingerprint density at radius 3 is 2.92 bits per heavy atom. The molecule has 0 atom stereocenters. The van der Waals surface area contributed by atoms with Gasteiger partial charge in [-0.05, 0) is 12.7 Å². The number of thioether (sulfide) groups is 1. The van der Waals surface area contributed by atoms with Crippen LogP contribution in [0.3, 0.4) is 0 Å². The van der Waals surface area contributed by atoms with Crippen molar-refractivity contribution in [2.75, 3.05) is 18.1 Å². The molecule has 13 heavy (non-hydrogen) atoms. The van der Waals surface area contributed by atoms with E-state index in [1.807, 2.05) is 36.5 Å². The molecule has 0 saturated carbocycles. The van der Waals surface area contributed by atoms with Crippen molar-refractivity contribution in [2.45, 2.75) is 13.8 Å². The first-order chi connectivity index (χ1) is 6.24. The maximum Gasteiger partial charge on any atom is 0.233 e. The van der Waals surface area contributed by atoms with E-state index >= 15 is 0 Å². The SMILES string of the molecule is CCSCCOc1cc(C)n(C)n1. The fraction of sp³-hybridized carbons (Fsp3) is 0.667. The second-order valence-electron chi connectivity index (χ2n) is 2.79. The van der Waals surface area contributed by atoms with Gasteiger partial charge in [0.15, 0.2) is 0 Å². The number of aromatic nitrogens is 2. The van der Waals surface area contributed by atoms with E-state index < -0.39 is 0 Å². The van der Waals surface area contributed by atoms with Gasteiger partial charge in [0.1, 0.15) is 0 Å². The van der Waals surface area contributed by atoms with Gasteiger partial charge in [-0.25, -0.2) is 0 Å². The fourth-order valence-electron chi connectivity index (χ4n) is 0.948. The largest absolute Gasteiger partial charge is 0.476 e. The van der Waals surface area contributed by atoms with Crippen LogP contribution < -0.4 is 4.74 Å². The van der Waals surface area contributed by atoms with Gasteiger partial charge >= 0.3 is 0 Å². The Balaban J connectivity index is 2.29. The van der Waals surface area contributed by atoms with Crippen LogP contribution in [0.15, 0.2) is 6.07 Å². The molecule has 0 fully saturated rings. The van der Waals surface area contributed by atoms with Crippen LogP contribution in [-0.2, 0) is 7.05 Å². The minimum atomic E-state index is 0.733. The molecule has 0 aliphatic heterocycles. The Kier molecular flexibility index (Phi) is 4.15. The molecule has 0 saturated heterocycles. The van der Waals surface area contributed by atoms with Crippen LogP contribution in [0.25, 0.3) is 0 Å². The molecule has 1 rings (SSSR count). The van der Waals surface area contributed by atoms with E-state index in [1.165, 1.54) is 0 Å². The van der Waals surface area contributed by atoms with Crippen molar-refractivity contribution < 1.29 is 4.74 Å². The summed E-state index contributed by atoms with van der Waals surface area (Å²) in [7, 11) is 1.92. The van der Waals surface area contributed by atoms with Gasteiger partial charge in [-0.3, -0.25) is 4.68 Å². The van der Waals surface area contributed by atoms with Crippen LogP contribution in [-0.4, -0.2) is 27.9 Å². The normalized spacial score (nSPS) is 10.4. The lowest BCUT2D eigenvalue weighted by Crippen LogP contribution is -2.01. The molecule has 1 aromatic heterocycles. The molecule has 0 aromatic carbocycles. The second kappa shape index (κ2) is 5.17. The Morgan fingerprint density at radius 2 is 2.38 bits per heavy atom. The highest BCUT2D eigenvalue weighted by molar-refractivity contribution is 7.99. The smallest absolute Gasteiger partial charge is 0.233 e. The molecule has 0 bridgehead atoms. The molecule has 0 unspecified atom stereocenters. The van der Waals surface area contributed by atoms with Crippen LogP contribution in [0.2, 0.25) is 0 Å². The van der Waals surface area contributed by atoms with E-state index in [2.05, 4.69) is 12.0 Å². The standard InChI is InChI=1S/C9H16N2OS/c1-4-13-6-5-12-9-7-8(2)11(3)10-9/h7H,4-6H2,1-3H3. The summed E-state index contributed by atoms with van der Waals surface area (Å²) in [6.45, 7) is 4.91. The lowest BCUT2D eigenvalue weighted by Gasteiger charge is -2.00. The van der Waals surface area contributed by atoms with E-state index in [4.69, 9.17) is 4.74 Å². The van der Waals surface area contributed by atoms with Gasteiger partial charge in [0.2, 0.25) is 5.88 Å². The quantitative estimate of drug-likeness (QED) is 0.679. The molecule has 1 heterocycles. The van der Waals surface area contributed by atoms with E-state index in [0.29, 0.717) is 0 Å². The van der Waals surface area contributed by atoms with Crippen LogP contribution in [0.1, 0.15) is 12.6 Å². The van der Waals surface area contributed by atoms with Crippen molar-refractivity contribution in [2.24, 2.45) is 7.05 Å². The lowest BCUT2D eigenvalue weighted by atomic mass is 10.5. The first-order valence-electron chi connectivity index (χ1n) is 4.45. The van der Waals surface area contributed by atoms with Crippen molar-refractivity contribution in [1.82, 2.24) is 9.78 Å². The molecule has 0 N–H and O–H groups in total. The maximum atomic E-state index is 5.46.